The molecule has 1 heterocycles. The number of rotatable bonds is 4. The van der Waals surface area contributed by atoms with Gasteiger partial charge in [0, 0.05) is 25.3 Å². The molecule has 0 spiro atoms. The van der Waals surface area contributed by atoms with Crippen LogP contribution in [0.4, 0.5) is 5.82 Å². The number of amides is 1. The van der Waals surface area contributed by atoms with E-state index in [1.165, 1.54) is 6.42 Å². The average Bonchev–Trinajstić information content (AvgIpc) is 2.32. The summed E-state index contributed by atoms with van der Waals surface area (Å²) >= 11 is 0. The van der Waals surface area contributed by atoms with Crippen LogP contribution in [0.3, 0.4) is 0 Å². The van der Waals surface area contributed by atoms with Gasteiger partial charge in [-0.3, -0.25) is 4.79 Å². The quantitative estimate of drug-likeness (QED) is 0.886. The maximum Gasteiger partial charge on any atom is 0.257 e. The molecule has 2 rings (SSSR count). The molecule has 0 aliphatic heterocycles. The molecule has 5 heteroatoms. The van der Waals surface area contributed by atoms with E-state index in [-0.39, 0.29) is 11.4 Å². The molecule has 104 valence electrons. The molecular formula is C14H22N4O. The molecule has 1 aliphatic rings. The van der Waals surface area contributed by atoms with E-state index < -0.39 is 0 Å². The van der Waals surface area contributed by atoms with E-state index in [0.717, 1.165) is 19.4 Å². The third-order valence-electron chi connectivity index (χ3n) is 4.18. The molecular weight excluding hydrogens is 240 g/mol. The van der Waals surface area contributed by atoms with Crippen LogP contribution in [0.2, 0.25) is 0 Å². The number of pyridine rings is 1. The molecule has 19 heavy (non-hydrogen) atoms. The van der Waals surface area contributed by atoms with Gasteiger partial charge in [-0.1, -0.05) is 0 Å². The monoisotopic (exact) mass is 262 g/mol. The van der Waals surface area contributed by atoms with Crippen LogP contribution in [0, 0.1) is 0 Å². The Morgan fingerprint density at radius 3 is 2.58 bits per heavy atom. The Morgan fingerprint density at radius 2 is 2.11 bits per heavy atom. The summed E-state index contributed by atoms with van der Waals surface area (Å²) in [6, 6.07) is 3.47. The number of hydrogen-bond donors (Lipinski definition) is 1. The van der Waals surface area contributed by atoms with E-state index in [1.54, 1.807) is 23.2 Å². The van der Waals surface area contributed by atoms with E-state index >= 15 is 0 Å². The van der Waals surface area contributed by atoms with Crippen LogP contribution in [0.1, 0.15) is 29.6 Å². The molecule has 2 N–H and O–H groups in total. The molecule has 1 aromatic heterocycles. The third-order valence-corrected chi connectivity index (χ3v) is 4.18. The normalized spacial score (nSPS) is 17.1. The Morgan fingerprint density at radius 1 is 1.42 bits per heavy atom. The first kappa shape index (κ1) is 13.8. The zero-order valence-corrected chi connectivity index (χ0v) is 11.9. The van der Waals surface area contributed by atoms with E-state index in [0.29, 0.717) is 11.4 Å². The molecule has 0 aromatic carbocycles. The lowest BCUT2D eigenvalue weighted by atomic mass is 9.75. The van der Waals surface area contributed by atoms with Crippen molar-refractivity contribution in [2.45, 2.75) is 24.8 Å². The van der Waals surface area contributed by atoms with Crippen molar-refractivity contribution in [3.8, 4) is 0 Å². The minimum atomic E-state index is -0.0567. The first-order valence-corrected chi connectivity index (χ1v) is 6.60. The minimum Gasteiger partial charge on any atom is -0.383 e. The largest absolute Gasteiger partial charge is 0.383 e. The maximum absolute atomic E-state index is 12.4. The van der Waals surface area contributed by atoms with E-state index in [4.69, 9.17) is 5.73 Å². The highest BCUT2D eigenvalue weighted by atomic mass is 16.2. The number of hydrogen-bond acceptors (Lipinski definition) is 4. The minimum absolute atomic E-state index is 0.0567. The van der Waals surface area contributed by atoms with Crippen molar-refractivity contribution in [1.82, 2.24) is 14.8 Å². The highest BCUT2D eigenvalue weighted by Crippen LogP contribution is 2.36. The lowest BCUT2D eigenvalue weighted by Gasteiger charge is -2.49. The van der Waals surface area contributed by atoms with E-state index in [1.807, 2.05) is 7.05 Å². The molecule has 1 fully saturated rings. The average molecular weight is 262 g/mol. The summed E-state index contributed by atoms with van der Waals surface area (Å²) in [5.74, 6) is 0.241. The number of carbonyl (C=O) groups is 1. The maximum atomic E-state index is 12.4. The van der Waals surface area contributed by atoms with Crippen LogP contribution in [0.5, 0.6) is 0 Å². The second-order valence-corrected chi connectivity index (χ2v) is 5.57. The van der Waals surface area contributed by atoms with Gasteiger partial charge in [0.2, 0.25) is 0 Å². The van der Waals surface area contributed by atoms with Crippen molar-refractivity contribution in [3.05, 3.63) is 23.9 Å². The van der Waals surface area contributed by atoms with Crippen molar-refractivity contribution in [1.29, 1.82) is 0 Å². The Labute approximate surface area is 114 Å². The SMILES string of the molecule is CN(CC1(N(C)C)CCC1)C(=O)c1cccnc1N. The van der Waals surface area contributed by atoms with Crippen LogP contribution in [0.25, 0.3) is 0 Å². The molecule has 1 saturated carbocycles. The van der Waals surface area contributed by atoms with Crippen molar-refractivity contribution >= 4 is 11.7 Å². The molecule has 0 bridgehead atoms. The van der Waals surface area contributed by atoms with Crippen molar-refractivity contribution in [3.63, 3.8) is 0 Å². The van der Waals surface area contributed by atoms with E-state index in [2.05, 4.69) is 24.0 Å². The predicted molar refractivity (Wildman–Crippen MR) is 75.9 cm³/mol. The first-order valence-electron chi connectivity index (χ1n) is 6.60. The topological polar surface area (TPSA) is 62.5 Å². The van der Waals surface area contributed by atoms with Crippen molar-refractivity contribution in [2.24, 2.45) is 0 Å². The Kier molecular flexibility index (Phi) is 3.75. The van der Waals surface area contributed by atoms with Crippen LogP contribution in [0.15, 0.2) is 18.3 Å². The fourth-order valence-corrected chi connectivity index (χ4v) is 2.65. The summed E-state index contributed by atoms with van der Waals surface area (Å²) in [5.41, 5.74) is 6.37. The molecule has 5 nitrogen and oxygen atoms in total. The van der Waals surface area contributed by atoms with Gasteiger partial charge in [0.15, 0.2) is 0 Å². The fraction of sp³-hybridized carbons (Fsp3) is 0.571. The Bertz CT molecular complexity index is 468. The number of carbonyl (C=O) groups excluding carboxylic acids is 1. The summed E-state index contributed by atoms with van der Waals surface area (Å²) < 4.78 is 0. The van der Waals surface area contributed by atoms with Gasteiger partial charge in [0.05, 0.1) is 5.56 Å². The molecule has 1 aliphatic carbocycles. The lowest BCUT2D eigenvalue weighted by molar-refractivity contribution is 0.0253. The number of anilines is 1. The number of likely N-dealkylation sites (N-methyl/N-ethyl adjacent to an activating group) is 2. The summed E-state index contributed by atoms with van der Waals surface area (Å²) in [7, 11) is 5.99. The fourth-order valence-electron chi connectivity index (χ4n) is 2.65. The first-order chi connectivity index (χ1) is 8.96. The Hall–Kier alpha value is -1.62. The summed E-state index contributed by atoms with van der Waals surface area (Å²) in [4.78, 5) is 20.3. The summed E-state index contributed by atoms with van der Waals surface area (Å²) in [5, 5.41) is 0. The highest BCUT2D eigenvalue weighted by molar-refractivity contribution is 5.98. The standard InChI is InChI=1S/C14H22N4O/c1-17(2)14(7-5-8-14)10-18(3)13(19)11-6-4-9-16-12(11)15/h4,6,9H,5,7-8,10H2,1-3H3,(H2,15,16). The number of nitrogens with zero attached hydrogens (tertiary/aromatic N) is 3. The van der Waals surface area contributed by atoms with Gasteiger partial charge < -0.3 is 15.5 Å². The second-order valence-electron chi connectivity index (χ2n) is 5.57. The smallest absolute Gasteiger partial charge is 0.257 e. The molecule has 0 unspecified atom stereocenters. The molecule has 0 saturated heterocycles. The van der Waals surface area contributed by atoms with Crippen LogP contribution >= 0.6 is 0 Å². The summed E-state index contributed by atoms with van der Waals surface area (Å²) in [6.45, 7) is 0.729. The zero-order chi connectivity index (χ0) is 14.0. The lowest BCUT2D eigenvalue weighted by Crippen LogP contribution is -2.57. The summed E-state index contributed by atoms with van der Waals surface area (Å²) in [6.07, 6.45) is 5.11. The predicted octanol–water partition coefficient (Wildman–Crippen LogP) is 1.22. The third kappa shape index (κ3) is 2.56. The van der Waals surface area contributed by atoms with Crippen molar-refractivity contribution < 1.29 is 4.79 Å². The van der Waals surface area contributed by atoms with Crippen LogP contribution < -0.4 is 5.73 Å². The molecule has 1 amide bonds. The second kappa shape index (κ2) is 5.17. The number of nitrogens with two attached hydrogens (primary N) is 1. The number of aromatic nitrogens is 1. The zero-order valence-electron chi connectivity index (χ0n) is 11.9. The Balaban J connectivity index is 2.10. The van der Waals surface area contributed by atoms with Gasteiger partial charge in [0.1, 0.15) is 5.82 Å². The molecule has 0 atom stereocenters. The van der Waals surface area contributed by atoms with E-state index in [9.17, 15) is 4.79 Å². The van der Waals surface area contributed by atoms with Gasteiger partial charge in [-0.2, -0.15) is 0 Å². The number of nitrogen functional groups attached to an aromatic ring is 1. The van der Waals surface area contributed by atoms with Gasteiger partial charge in [-0.15, -0.1) is 0 Å². The van der Waals surface area contributed by atoms with Crippen molar-refractivity contribution in [2.75, 3.05) is 33.4 Å². The van der Waals surface area contributed by atoms with Crippen LogP contribution in [-0.4, -0.2) is 53.9 Å². The van der Waals surface area contributed by atoms with Gasteiger partial charge >= 0.3 is 0 Å². The highest BCUT2D eigenvalue weighted by Gasteiger charge is 2.40. The molecule has 1 aromatic rings. The van der Waals surface area contributed by atoms with Gasteiger partial charge in [-0.25, -0.2) is 4.98 Å². The van der Waals surface area contributed by atoms with Crippen LogP contribution in [-0.2, 0) is 0 Å². The molecule has 0 radical (unpaired) electrons. The van der Waals surface area contributed by atoms with Gasteiger partial charge in [-0.05, 0) is 45.5 Å². The van der Waals surface area contributed by atoms with Gasteiger partial charge in [0.25, 0.3) is 5.91 Å².